The Kier molecular flexibility index (Phi) is 4.03. The molecule has 2 unspecified atom stereocenters. The quantitative estimate of drug-likeness (QED) is 0.904. The number of thiazole rings is 1. The van der Waals surface area contributed by atoms with Gasteiger partial charge in [0.2, 0.25) is 0 Å². The van der Waals surface area contributed by atoms with Gasteiger partial charge in [0.15, 0.2) is 5.13 Å². The summed E-state index contributed by atoms with van der Waals surface area (Å²) in [6.45, 7) is 3.46. The van der Waals surface area contributed by atoms with Crippen molar-refractivity contribution in [3.63, 3.8) is 0 Å². The SMILES string of the molecule is CC1CCCCC1CNc1nc(Br)cs1. The van der Waals surface area contributed by atoms with Gasteiger partial charge in [-0.15, -0.1) is 11.3 Å². The maximum Gasteiger partial charge on any atom is 0.183 e. The molecule has 1 aromatic heterocycles. The van der Waals surface area contributed by atoms with Crippen LogP contribution in [0.3, 0.4) is 0 Å². The Morgan fingerprint density at radius 3 is 3.00 bits per heavy atom. The van der Waals surface area contributed by atoms with E-state index >= 15 is 0 Å². The molecule has 1 N–H and O–H groups in total. The van der Waals surface area contributed by atoms with E-state index in [0.717, 1.165) is 28.1 Å². The third kappa shape index (κ3) is 3.18. The molecule has 84 valence electrons. The third-order valence-electron chi connectivity index (χ3n) is 3.28. The predicted octanol–water partition coefficient (Wildman–Crippen LogP) is 4.14. The smallest absolute Gasteiger partial charge is 0.183 e. The molecule has 4 heteroatoms. The van der Waals surface area contributed by atoms with Crippen molar-refractivity contribution >= 4 is 32.4 Å². The van der Waals surface area contributed by atoms with Crippen LogP contribution in [0, 0.1) is 11.8 Å². The highest BCUT2D eigenvalue weighted by atomic mass is 79.9. The van der Waals surface area contributed by atoms with Crippen molar-refractivity contribution in [1.29, 1.82) is 0 Å². The minimum Gasteiger partial charge on any atom is -0.361 e. The van der Waals surface area contributed by atoms with Gasteiger partial charge in [-0.3, -0.25) is 0 Å². The lowest BCUT2D eigenvalue weighted by Gasteiger charge is -2.28. The maximum atomic E-state index is 4.34. The van der Waals surface area contributed by atoms with E-state index in [4.69, 9.17) is 0 Å². The molecule has 2 rings (SSSR count). The number of rotatable bonds is 3. The molecular formula is C11H17BrN2S. The van der Waals surface area contributed by atoms with Crippen LogP contribution in [0.2, 0.25) is 0 Å². The zero-order valence-electron chi connectivity index (χ0n) is 9.00. The molecule has 1 aromatic rings. The van der Waals surface area contributed by atoms with E-state index in [-0.39, 0.29) is 0 Å². The van der Waals surface area contributed by atoms with E-state index in [1.807, 2.05) is 5.38 Å². The largest absolute Gasteiger partial charge is 0.361 e. The molecule has 0 aliphatic heterocycles. The van der Waals surface area contributed by atoms with Crippen molar-refractivity contribution in [3.8, 4) is 0 Å². The Hall–Kier alpha value is -0.0900. The van der Waals surface area contributed by atoms with Crippen molar-refractivity contribution in [3.05, 3.63) is 9.98 Å². The summed E-state index contributed by atoms with van der Waals surface area (Å²) in [6.07, 6.45) is 5.59. The normalized spacial score (nSPS) is 26.5. The van der Waals surface area contributed by atoms with Crippen LogP contribution in [0.1, 0.15) is 32.6 Å². The first-order valence-electron chi connectivity index (χ1n) is 5.60. The van der Waals surface area contributed by atoms with E-state index in [9.17, 15) is 0 Å². The minimum absolute atomic E-state index is 0.835. The number of hydrogen-bond acceptors (Lipinski definition) is 3. The topological polar surface area (TPSA) is 24.9 Å². The highest BCUT2D eigenvalue weighted by Crippen LogP contribution is 2.30. The van der Waals surface area contributed by atoms with Crippen molar-refractivity contribution in [1.82, 2.24) is 4.98 Å². The maximum absolute atomic E-state index is 4.34. The van der Waals surface area contributed by atoms with E-state index < -0.39 is 0 Å². The second-order valence-electron chi connectivity index (χ2n) is 4.38. The molecule has 0 aromatic carbocycles. The summed E-state index contributed by atoms with van der Waals surface area (Å²) in [4.78, 5) is 4.34. The fraction of sp³-hybridized carbons (Fsp3) is 0.727. The molecule has 1 saturated carbocycles. The van der Waals surface area contributed by atoms with Crippen LogP contribution in [-0.4, -0.2) is 11.5 Å². The highest BCUT2D eigenvalue weighted by Gasteiger charge is 2.20. The minimum atomic E-state index is 0.835. The lowest BCUT2D eigenvalue weighted by atomic mass is 9.80. The van der Waals surface area contributed by atoms with Gasteiger partial charge in [-0.2, -0.15) is 0 Å². The average Bonchev–Trinajstić information content (AvgIpc) is 2.63. The van der Waals surface area contributed by atoms with Gasteiger partial charge in [-0.05, 0) is 34.2 Å². The fourth-order valence-corrected chi connectivity index (χ4v) is 3.40. The van der Waals surface area contributed by atoms with Crippen molar-refractivity contribution in [2.45, 2.75) is 32.6 Å². The number of anilines is 1. The first-order valence-corrected chi connectivity index (χ1v) is 7.28. The van der Waals surface area contributed by atoms with Gasteiger partial charge in [-0.25, -0.2) is 4.98 Å². The summed E-state index contributed by atoms with van der Waals surface area (Å²) in [5, 5.41) is 6.50. The summed E-state index contributed by atoms with van der Waals surface area (Å²) in [6, 6.07) is 0. The Bertz CT molecular complexity index is 313. The van der Waals surface area contributed by atoms with E-state index in [2.05, 4.69) is 33.2 Å². The first-order chi connectivity index (χ1) is 7.25. The molecule has 0 spiro atoms. The van der Waals surface area contributed by atoms with Gasteiger partial charge in [0, 0.05) is 11.9 Å². The van der Waals surface area contributed by atoms with Gasteiger partial charge in [0.1, 0.15) is 4.60 Å². The summed E-state index contributed by atoms with van der Waals surface area (Å²) in [5.74, 6) is 1.70. The predicted molar refractivity (Wildman–Crippen MR) is 69.4 cm³/mol. The second-order valence-corrected chi connectivity index (χ2v) is 6.05. The van der Waals surface area contributed by atoms with Gasteiger partial charge in [0.05, 0.1) is 0 Å². The summed E-state index contributed by atoms with van der Waals surface area (Å²) in [5.41, 5.74) is 0. The van der Waals surface area contributed by atoms with Crippen LogP contribution < -0.4 is 5.32 Å². The fourth-order valence-electron chi connectivity index (χ4n) is 2.25. The molecule has 15 heavy (non-hydrogen) atoms. The zero-order valence-corrected chi connectivity index (χ0v) is 11.4. The molecule has 2 nitrogen and oxygen atoms in total. The lowest BCUT2D eigenvalue weighted by Crippen LogP contribution is -2.24. The number of nitrogens with one attached hydrogen (secondary N) is 1. The van der Waals surface area contributed by atoms with Crippen molar-refractivity contribution in [2.75, 3.05) is 11.9 Å². The van der Waals surface area contributed by atoms with Gasteiger partial charge >= 0.3 is 0 Å². The first kappa shape index (κ1) is 11.4. The zero-order chi connectivity index (χ0) is 10.7. The molecule has 0 amide bonds. The summed E-state index contributed by atoms with van der Waals surface area (Å²) < 4.78 is 0.937. The second kappa shape index (κ2) is 5.30. The van der Waals surface area contributed by atoms with Gasteiger partial charge in [-0.1, -0.05) is 26.2 Å². The number of aromatic nitrogens is 1. The monoisotopic (exact) mass is 288 g/mol. The van der Waals surface area contributed by atoms with Crippen LogP contribution in [0.15, 0.2) is 9.98 Å². The number of hydrogen-bond donors (Lipinski definition) is 1. The molecule has 1 fully saturated rings. The third-order valence-corrected chi connectivity index (χ3v) is 4.79. The molecular weight excluding hydrogens is 272 g/mol. The summed E-state index contributed by atoms with van der Waals surface area (Å²) >= 11 is 5.04. The highest BCUT2D eigenvalue weighted by molar-refractivity contribution is 9.10. The standard InChI is InChI=1S/C11H17BrN2S/c1-8-4-2-3-5-9(8)6-13-11-14-10(12)7-15-11/h7-9H,2-6H2,1H3,(H,13,14). The lowest BCUT2D eigenvalue weighted by molar-refractivity contribution is 0.268. The van der Waals surface area contributed by atoms with Crippen LogP contribution in [0.5, 0.6) is 0 Å². The van der Waals surface area contributed by atoms with Crippen LogP contribution in [0.4, 0.5) is 5.13 Å². The van der Waals surface area contributed by atoms with E-state index in [0.29, 0.717) is 0 Å². The Morgan fingerprint density at radius 1 is 1.53 bits per heavy atom. The molecule has 1 aliphatic carbocycles. The molecule has 0 bridgehead atoms. The van der Waals surface area contributed by atoms with E-state index in [1.165, 1.54) is 25.7 Å². The Labute approximate surface area is 104 Å². The average molecular weight is 289 g/mol. The number of nitrogens with zero attached hydrogens (tertiary/aromatic N) is 1. The molecule has 1 heterocycles. The van der Waals surface area contributed by atoms with Crippen LogP contribution in [-0.2, 0) is 0 Å². The van der Waals surface area contributed by atoms with Crippen molar-refractivity contribution < 1.29 is 0 Å². The van der Waals surface area contributed by atoms with Gasteiger partial charge < -0.3 is 5.32 Å². The molecule has 1 aliphatic rings. The van der Waals surface area contributed by atoms with E-state index in [1.54, 1.807) is 11.3 Å². The Morgan fingerprint density at radius 2 is 2.33 bits per heavy atom. The molecule has 0 saturated heterocycles. The number of halogens is 1. The molecule has 2 atom stereocenters. The Balaban J connectivity index is 1.81. The van der Waals surface area contributed by atoms with Crippen LogP contribution in [0.25, 0.3) is 0 Å². The van der Waals surface area contributed by atoms with Crippen LogP contribution >= 0.6 is 27.3 Å². The summed E-state index contributed by atoms with van der Waals surface area (Å²) in [7, 11) is 0. The molecule has 0 radical (unpaired) electrons. The van der Waals surface area contributed by atoms with Crippen molar-refractivity contribution in [2.24, 2.45) is 11.8 Å². The van der Waals surface area contributed by atoms with Gasteiger partial charge in [0.25, 0.3) is 0 Å².